The van der Waals surface area contributed by atoms with Gasteiger partial charge in [0.2, 0.25) is 5.91 Å². The zero-order valence-corrected chi connectivity index (χ0v) is 17.3. The first-order valence-electron chi connectivity index (χ1n) is 10.2. The summed E-state index contributed by atoms with van der Waals surface area (Å²) in [6, 6.07) is 16.7. The van der Waals surface area contributed by atoms with Crippen molar-refractivity contribution >= 4 is 28.7 Å². The Morgan fingerprint density at radius 1 is 1.03 bits per heavy atom. The number of aromatic nitrogens is 2. The molecule has 1 atom stereocenters. The number of rotatable bonds is 3. The van der Waals surface area contributed by atoms with E-state index in [9.17, 15) is 4.79 Å². The van der Waals surface area contributed by atoms with E-state index in [1.165, 1.54) is 5.56 Å². The zero-order valence-electron chi connectivity index (χ0n) is 16.5. The number of nitrogens with zero attached hydrogens (tertiary/aromatic N) is 4. The van der Waals surface area contributed by atoms with Gasteiger partial charge in [-0.15, -0.1) is 21.5 Å². The molecule has 0 saturated carbocycles. The van der Waals surface area contributed by atoms with E-state index in [1.54, 1.807) is 11.3 Å². The topological polar surface area (TPSA) is 49.3 Å². The maximum atomic E-state index is 13.3. The Labute approximate surface area is 175 Å². The third-order valence-electron chi connectivity index (χ3n) is 6.04. The monoisotopic (exact) mass is 404 g/mol. The van der Waals surface area contributed by atoms with Crippen LogP contribution in [0.5, 0.6) is 0 Å². The van der Waals surface area contributed by atoms with Crippen molar-refractivity contribution in [3.63, 3.8) is 0 Å². The van der Waals surface area contributed by atoms with Gasteiger partial charge >= 0.3 is 0 Å². The molecule has 5 rings (SSSR count). The van der Waals surface area contributed by atoms with E-state index >= 15 is 0 Å². The molecular formula is C23H24N4OS. The van der Waals surface area contributed by atoms with Gasteiger partial charge in [0.05, 0.1) is 4.88 Å². The van der Waals surface area contributed by atoms with E-state index in [1.807, 2.05) is 34.5 Å². The van der Waals surface area contributed by atoms with Gasteiger partial charge in [-0.2, -0.15) is 0 Å². The molecule has 1 amide bonds. The van der Waals surface area contributed by atoms with Gasteiger partial charge in [0.15, 0.2) is 5.82 Å². The van der Waals surface area contributed by atoms with Crippen molar-refractivity contribution in [1.82, 2.24) is 10.2 Å². The van der Waals surface area contributed by atoms with Crippen LogP contribution < -0.4 is 9.80 Å². The Kier molecular flexibility index (Phi) is 4.79. The fourth-order valence-corrected chi connectivity index (χ4v) is 5.19. The van der Waals surface area contributed by atoms with Crippen LogP contribution in [-0.2, 0) is 11.2 Å². The molecule has 6 heteroatoms. The predicted molar refractivity (Wildman–Crippen MR) is 117 cm³/mol. The lowest BCUT2D eigenvalue weighted by Gasteiger charge is -2.35. The number of benzene rings is 1. The number of fused-ring (bicyclic) bond motifs is 1. The van der Waals surface area contributed by atoms with Crippen molar-refractivity contribution in [3.05, 3.63) is 59.5 Å². The SMILES string of the molecule is C[C@@H]1Cc2ccccc2N1C(=O)C1CCN(c2ccc(-c3cccs3)nn2)CC1. The van der Waals surface area contributed by atoms with E-state index in [-0.39, 0.29) is 17.9 Å². The molecule has 3 aromatic rings. The standard InChI is InChI=1S/C23H24N4OS/c1-16-15-18-5-2-3-6-20(18)27(16)23(28)17-10-12-26(13-11-17)22-9-8-19(24-25-22)21-7-4-14-29-21/h2-9,14,16-17H,10-13,15H2,1H3/t16-/m1/s1. The Balaban J connectivity index is 1.24. The highest BCUT2D eigenvalue weighted by Gasteiger charge is 2.36. The number of thiophene rings is 1. The highest BCUT2D eigenvalue weighted by atomic mass is 32.1. The number of amides is 1. The van der Waals surface area contributed by atoms with Crippen molar-refractivity contribution < 1.29 is 4.79 Å². The second-order valence-electron chi connectivity index (χ2n) is 7.91. The summed E-state index contributed by atoms with van der Waals surface area (Å²) >= 11 is 1.67. The summed E-state index contributed by atoms with van der Waals surface area (Å²) in [6.45, 7) is 3.83. The third kappa shape index (κ3) is 3.42. The van der Waals surface area contributed by atoms with Crippen LogP contribution >= 0.6 is 11.3 Å². The lowest BCUT2D eigenvalue weighted by molar-refractivity contribution is -0.123. The first-order valence-corrected chi connectivity index (χ1v) is 11.1. The van der Waals surface area contributed by atoms with Gasteiger partial charge in [0.1, 0.15) is 5.69 Å². The van der Waals surface area contributed by atoms with Crippen molar-refractivity contribution in [2.45, 2.75) is 32.2 Å². The Morgan fingerprint density at radius 2 is 1.86 bits per heavy atom. The molecule has 1 aromatic carbocycles. The van der Waals surface area contributed by atoms with Crippen LogP contribution in [0.25, 0.3) is 10.6 Å². The highest BCUT2D eigenvalue weighted by molar-refractivity contribution is 7.13. The Hall–Kier alpha value is -2.73. The summed E-state index contributed by atoms with van der Waals surface area (Å²) in [6.07, 6.45) is 2.67. The van der Waals surface area contributed by atoms with Gasteiger partial charge in [-0.3, -0.25) is 4.79 Å². The molecule has 4 heterocycles. The molecular weight excluding hydrogens is 380 g/mol. The van der Waals surface area contributed by atoms with Gasteiger partial charge in [-0.05, 0) is 61.4 Å². The molecule has 0 aliphatic carbocycles. The average molecular weight is 405 g/mol. The maximum absolute atomic E-state index is 13.3. The molecule has 5 nitrogen and oxygen atoms in total. The van der Waals surface area contributed by atoms with Crippen LogP contribution in [-0.4, -0.2) is 35.2 Å². The molecule has 1 saturated heterocycles. The molecule has 2 aliphatic heterocycles. The Bertz CT molecular complexity index is 994. The maximum Gasteiger partial charge on any atom is 0.230 e. The normalized spacial score (nSPS) is 19.4. The van der Waals surface area contributed by atoms with E-state index < -0.39 is 0 Å². The molecule has 0 spiro atoms. The molecule has 0 unspecified atom stereocenters. The second-order valence-corrected chi connectivity index (χ2v) is 8.85. The van der Waals surface area contributed by atoms with Crippen molar-refractivity contribution in [3.8, 4) is 10.6 Å². The van der Waals surface area contributed by atoms with E-state index in [0.717, 1.165) is 54.4 Å². The minimum absolute atomic E-state index is 0.0817. The van der Waals surface area contributed by atoms with E-state index in [2.05, 4.69) is 46.3 Å². The quantitative estimate of drug-likeness (QED) is 0.649. The van der Waals surface area contributed by atoms with Crippen LogP contribution in [0.1, 0.15) is 25.3 Å². The highest BCUT2D eigenvalue weighted by Crippen LogP contribution is 2.35. The summed E-state index contributed by atoms with van der Waals surface area (Å²) in [5, 5.41) is 10.9. The summed E-state index contributed by atoms with van der Waals surface area (Å²) in [7, 11) is 0. The summed E-state index contributed by atoms with van der Waals surface area (Å²) < 4.78 is 0. The second kappa shape index (κ2) is 7.59. The number of hydrogen-bond donors (Lipinski definition) is 0. The Morgan fingerprint density at radius 3 is 2.59 bits per heavy atom. The number of anilines is 2. The van der Waals surface area contributed by atoms with E-state index in [0.29, 0.717) is 0 Å². The van der Waals surface area contributed by atoms with Gasteiger partial charge < -0.3 is 9.80 Å². The molecule has 29 heavy (non-hydrogen) atoms. The largest absolute Gasteiger partial charge is 0.355 e. The number of carbonyl (C=O) groups excluding carboxylic acids is 1. The molecule has 148 valence electrons. The number of carbonyl (C=O) groups is 1. The average Bonchev–Trinajstić information content (AvgIpc) is 3.41. The van der Waals surface area contributed by atoms with E-state index in [4.69, 9.17) is 0 Å². The van der Waals surface area contributed by atoms with Gasteiger partial charge in [-0.25, -0.2) is 0 Å². The smallest absolute Gasteiger partial charge is 0.230 e. The first kappa shape index (κ1) is 18.3. The molecule has 2 aliphatic rings. The summed E-state index contributed by atoms with van der Waals surface area (Å²) in [4.78, 5) is 18.7. The van der Waals surface area contributed by atoms with Crippen LogP contribution in [0, 0.1) is 5.92 Å². The van der Waals surface area contributed by atoms with Crippen LogP contribution in [0.3, 0.4) is 0 Å². The van der Waals surface area contributed by atoms with Crippen LogP contribution in [0.2, 0.25) is 0 Å². The zero-order chi connectivity index (χ0) is 19.8. The third-order valence-corrected chi connectivity index (χ3v) is 6.93. The predicted octanol–water partition coefficient (Wildman–Crippen LogP) is 4.40. The lowest BCUT2D eigenvalue weighted by Crippen LogP contribution is -2.45. The van der Waals surface area contributed by atoms with Gasteiger partial charge in [-0.1, -0.05) is 24.3 Å². The summed E-state index contributed by atoms with van der Waals surface area (Å²) in [5.41, 5.74) is 3.30. The van der Waals surface area contributed by atoms with Crippen molar-refractivity contribution in [1.29, 1.82) is 0 Å². The molecule has 1 fully saturated rings. The minimum Gasteiger partial charge on any atom is -0.355 e. The first-order chi connectivity index (χ1) is 14.2. The molecule has 0 bridgehead atoms. The van der Waals surface area contributed by atoms with Gasteiger partial charge in [0, 0.05) is 30.7 Å². The van der Waals surface area contributed by atoms with Crippen LogP contribution in [0.4, 0.5) is 11.5 Å². The van der Waals surface area contributed by atoms with Crippen LogP contribution in [0.15, 0.2) is 53.9 Å². The minimum atomic E-state index is 0.0817. The lowest BCUT2D eigenvalue weighted by atomic mass is 9.94. The van der Waals surface area contributed by atoms with Gasteiger partial charge in [0.25, 0.3) is 0 Å². The molecule has 0 radical (unpaired) electrons. The number of hydrogen-bond acceptors (Lipinski definition) is 5. The number of para-hydroxylation sites is 1. The number of piperidine rings is 1. The molecule has 0 N–H and O–H groups in total. The molecule has 2 aromatic heterocycles. The van der Waals surface area contributed by atoms with Crippen molar-refractivity contribution in [2.24, 2.45) is 5.92 Å². The fourth-order valence-electron chi connectivity index (χ4n) is 4.50. The fraction of sp³-hybridized carbons (Fsp3) is 0.348. The van der Waals surface area contributed by atoms with Crippen molar-refractivity contribution in [2.75, 3.05) is 22.9 Å². The summed E-state index contributed by atoms with van der Waals surface area (Å²) in [5.74, 6) is 1.26.